The summed E-state index contributed by atoms with van der Waals surface area (Å²) in [6.07, 6.45) is 0. The zero-order chi connectivity index (χ0) is 12.6. The van der Waals surface area contributed by atoms with Crippen LogP contribution >= 0.6 is 0 Å². The van der Waals surface area contributed by atoms with Crippen LogP contribution in [0.2, 0.25) is 0 Å². The van der Waals surface area contributed by atoms with Crippen molar-refractivity contribution in [1.29, 1.82) is 0 Å². The number of hydrogen-bond acceptors (Lipinski definition) is 3. The second-order valence-electron chi connectivity index (χ2n) is 3.53. The first kappa shape index (κ1) is 11.3. The molecule has 0 saturated heterocycles. The van der Waals surface area contributed by atoms with Crippen molar-refractivity contribution in [1.82, 2.24) is 9.78 Å². The predicted molar refractivity (Wildman–Crippen MR) is 57.5 cm³/mol. The molecular formula is C11H9F2N3O. The molecule has 2 rings (SSSR count). The number of carbonyl (C=O) groups is 1. The molecule has 1 aromatic carbocycles. The largest absolute Gasteiger partial charge is 0.383 e. The van der Waals surface area contributed by atoms with Crippen molar-refractivity contribution in [2.75, 3.05) is 5.73 Å². The molecule has 2 aromatic rings. The van der Waals surface area contributed by atoms with E-state index in [9.17, 15) is 13.6 Å². The van der Waals surface area contributed by atoms with Crippen molar-refractivity contribution >= 4 is 11.7 Å². The van der Waals surface area contributed by atoms with Crippen LogP contribution in [-0.4, -0.2) is 15.7 Å². The molecule has 0 bridgehead atoms. The number of anilines is 1. The molecule has 0 radical (unpaired) electrons. The van der Waals surface area contributed by atoms with E-state index >= 15 is 0 Å². The Kier molecular flexibility index (Phi) is 2.63. The lowest BCUT2D eigenvalue weighted by molar-refractivity contribution is 0.0942. The minimum absolute atomic E-state index is 0.0798. The molecule has 0 spiro atoms. The summed E-state index contributed by atoms with van der Waals surface area (Å²) >= 11 is 0. The van der Waals surface area contributed by atoms with E-state index in [1.165, 1.54) is 18.2 Å². The molecule has 17 heavy (non-hydrogen) atoms. The normalized spacial score (nSPS) is 10.5. The van der Waals surface area contributed by atoms with Gasteiger partial charge in [-0.1, -0.05) is 6.07 Å². The highest BCUT2D eigenvalue weighted by Crippen LogP contribution is 2.15. The second kappa shape index (κ2) is 3.97. The van der Waals surface area contributed by atoms with E-state index in [0.717, 1.165) is 10.7 Å². The van der Waals surface area contributed by atoms with Crippen LogP contribution in [0.15, 0.2) is 24.3 Å². The van der Waals surface area contributed by atoms with Gasteiger partial charge in [0, 0.05) is 6.07 Å². The van der Waals surface area contributed by atoms with Crippen LogP contribution in [0.1, 0.15) is 16.1 Å². The maximum atomic E-state index is 13.4. The number of benzene rings is 1. The molecule has 0 unspecified atom stereocenters. The van der Waals surface area contributed by atoms with E-state index in [4.69, 9.17) is 5.73 Å². The third-order valence-corrected chi connectivity index (χ3v) is 2.23. The number of carbonyl (C=O) groups excluding carboxylic acids is 1. The number of hydrogen-bond donors (Lipinski definition) is 1. The summed E-state index contributed by atoms with van der Waals surface area (Å²) in [5, 5.41) is 3.81. The van der Waals surface area contributed by atoms with Crippen molar-refractivity contribution in [3.63, 3.8) is 0 Å². The van der Waals surface area contributed by atoms with E-state index < -0.39 is 23.1 Å². The topological polar surface area (TPSA) is 60.9 Å². The minimum Gasteiger partial charge on any atom is -0.383 e. The fraction of sp³-hybridized carbons (Fsp3) is 0.0909. The zero-order valence-electron chi connectivity index (χ0n) is 8.95. The Morgan fingerprint density at radius 1 is 1.41 bits per heavy atom. The maximum Gasteiger partial charge on any atom is 0.283 e. The number of aryl methyl sites for hydroxylation is 1. The number of nitrogens with zero attached hydrogens (tertiary/aromatic N) is 2. The minimum atomic E-state index is -1.20. The molecule has 4 nitrogen and oxygen atoms in total. The van der Waals surface area contributed by atoms with Crippen LogP contribution in [0, 0.1) is 18.6 Å². The smallest absolute Gasteiger partial charge is 0.283 e. The zero-order valence-corrected chi connectivity index (χ0v) is 8.95. The van der Waals surface area contributed by atoms with Crippen LogP contribution in [-0.2, 0) is 0 Å². The summed E-state index contributed by atoms with van der Waals surface area (Å²) < 4.78 is 27.2. The van der Waals surface area contributed by atoms with Gasteiger partial charge >= 0.3 is 0 Å². The van der Waals surface area contributed by atoms with Gasteiger partial charge in [0.15, 0.2) is 11.6 Å². The van der Waals surface area contributed by atoms with E-state index in [0.29, 0.717) is 5.69 Å². The molecule has 88 valence electrons. The van der Waals surface area contributed by atoms with Crippen LogP contribution in [0.25, 0.3) is 0 Å². The highest BCUT2D eigenvalue weighted by atomic mass is 19.2. The van der Waals surface area contributed by atoms with E-state index in [-0.39, 0.29) is 5.82 Å². The van der Waals surface area contributed by atoms with Gasteiger partial charge in [-0.15, -0.1) is 0 Å². The molecule has 1 heterocycles. The number of aromatic nitrogens is 2. The van der Waals surface area contributed by atoms with Crippen molar-refractivity contribution < 1.29 is 13.6 Å². The lowest BCUT2D eigenvalue weighted by atomic mass is 10.2. The molecule has 0 aliphatic heterocycles. The van der Waals surface area contributed by atoms with Crippen molar-refractivity contribution in [3.05, 3.63) is 47.2 Å². The van der Waals surface area contributed by atoms with Gasteiger partial charge in [0.05, 0.1) is 11.3 Å². The molecule has 6 heteroatoms. The van der Waals surface area contributed by atoms with E-state index in [1.54, 1.807) is 6.92 Å². The predicted octanol–water partition coefficient (Wildman–Crippen LogP) is 1.74. The molecule has 0 aliphatic rings. The van der Waals surface area contributed by atoms with Crippen molar-refractivity contribution in [2.45, 2.75) is 6.92 Å². The monoisotopic (exact) mass is 237 g/mol. The molecule has 0 fully saturated rings. The Bertz CT molecular complexity index is 592. The van der Waals surface area contributed by atoms with Gasteiger partial charge in [-0.05, 0) is 19.1 Å². The van der Waals surface area contributed by atoms with Gasteiger partial charge in [0.25, 0.3) is 5.91 Å². The average Bonchev–Trinajstić information content (AvgIpc) is 2.61. The van der Waals surface area contributed by atoms with Gasteiger partial charge in [-0.25, -0.2) is 8.78 Å². The Labute approximate surface area is 95.7 Å². The molecule has 0 amide bonds. The Morgan fingerprint density at radius 2 is 2.12 bits per heavy atom. The Hall–Kier alpha value is -2.24. The number of nitrogens with two attached hydrogens (primary N) is 1. The molecule has 0 saturated carbocycles. The first-order valence-electron chi connectivity index (χ1n) is 4.81. The number of halogens is 2. The third kappa shape index (κ3) is 1.89. The van der Waals surface area contributed by atoms with Crippen LogP contribution < -0.4 is 5.73 Å². The summed E-state index contributed by atoms with van der Waals surface area (Å²) in [6, 6.07) is 4.83. The Morgan fingerprint density at radius 3 is 2.71 bits per heavy atom. The van der Waals surface area contributed by atoms with Gasteiger partial charge < -0.3 is 5.73 Å². The number of nitrogen functional groups attached to an aromatic ring is 1. The molecule has 0 aliphatic carbocycles. The summed E-state index contributed by atoms with van der Waals surface area (Å²) in [7, 11) is 0. The second-order valence-corrected chi connectivity index (χ2v) is 3.53. The highest BCUT2D eigenvalue weighted by Gasteiger charge is 2.19. The summed E-state index contributed by atoms with van der Waals surface area (Å²) in [4.78, 5) is 11.9. The molecular weight excluding hydrogens is 228 g/mol. The van der Waals surface area contributed by atoms with Gasteiger partial charge in [-0.3, -0.25) is 4.79 Å². The van der Waals surface area contributed by atoms with Gasteiger partial charge in [0.1, 0.15) is 5.82 Å². The fourth-order valence-corrected chi connectivity index (χ4v) is 1.47. The lowest BCUT2D eigenvalue weighted by Crippen LogP contribution is -2.18. The van der Waals surface area contributed by atoms with E-state index in [2.05, 4.69) is 5.10 Å². The summed E-state index contributed by atoms with van der Waals surface area (Å²) in [6.45, 7) is 1.64. The van der Waals surface area contributed by atoms with Crippen molar-refractivity contribution in [3.8, 4) is 0 Å². The quantitative estimate of drug-likeness (QED) is 0.821. The van der Waals surface area contributed by atoms with Crippen LogP contribution in [0.3, 0.4) is 0 Å². The summed E-state index contributed by atoms with van der Waals surface area (Å²) in [5.74, 6) is -3.01. The number of rotatable bonds is 1. The average molecular weight is 237 g/mol. The first-order chi connectivity index (χ1) is 8.00. The third-order valence-electron chi connectivity index (χ3n) is 2.23. The first-order valence-corrected chi connectivity index (χ1v) is 4.81. The lowest BCUT2D eigenvalue weighted by Gasteiger charge is -2.04. The molecule has 0 atom stereocenters. The molecule has 2 N–H and O–H groups in total. The standard InChI is InChI=1S/C11H9F2N3O/c1-6-5-9(14)16(15-6)11(17)7-3-2-4-8(12)10(7)13/h2-5H,14H2,1H3. The highest BCUT2D eigenvalue weighted by molar-refractivity contribution is 5.97. The SMILES string of the molecule is Cc1cc(N)n(C(=O)c2cccc(F)c2F)n1. The molecule has 1 aromatic heterocycles. The van der Waals surface area contributed by atoms with Crippen LogP contribution in [0.4, 0.5) is 14.6 Å². The van der Waals surface area contributed by atoms with Gasteiger partial charge in [-0.2, -0.15) is 9.78 Å². The maximum absolute atomic E-state index is 13.4. The van der Waals surface area contributed by atoms with E-state index in [1.807, 2.05) is 0 Å². The van der Waals surface area contributed by atoms with Crippen molar-refractivity contribution in [2.24, 2.45) is 0 Å². The Balaban J connectivity index is 2.51. The fourth-order valence-electron chi connectivity index (χ4n) is 1.47. The van der Waals surface area contributed by atoms with Gasteiger partial charge in [0.2, 0.25) is 0 Å². The summed E-state index contributed by atoms with van der Waals surface area (Å²) in [5.41, 5.74) is 5.65. The van der Waals surface area contributed by atoms with Crippen LogP contribution in [0.5, 0.6) is 0 Å².